The zero-order valence-corrected chi connectivity index (χ0v) is 14.0. The Morgan fingerprint density at radius 1 is 1.00 bits per heavy atom. The monoisotopic (exact) mass is 281 g/mol. The quantitative estimate of drug-likeness (QED) is 0.424. The highest BCUT2D eigenvalue weighted by Crippen LogP contribution is 2.39. The number of imide groups is 1. The van der Waals surface area contributed by atoms with Crippen molar-refractivity contribution in [1.29, 1.82) is 0 Å². The van der Waals surface area contributed by atoms with Crippen LogP contribution >= 0.6 is 0 Å². The van der Waals surface area contributed by atoms with Crippen LogP contribution in [0.1, 0.15) is 40.0 Å². The highest BCUT2D eigenvalue weighted by Gasteiger charge is 2.34. The van der Waals surface area contributed by atoms with Crippen LogP contribution in [-0.2, 0) is 9.59 Å². The molecule has 108 valence electrons. The predicted molar refractivity (Wildman–Crippen MR) is 81.7 cm³/mol. The Hall–Kier alpha value is -0.903. The van der Waals surface area contributed by atoms with Crippen LogP contribution in [0.15, 0.2) is 12.2 Å². The Labute approximate surface area is 118 Å². The molecule has 0 aliphatic carbocycles. The van der Waals surface area contributed by atoms with Crippen molar-refractivity contribution in [2.45, 2.75) is 64.2 Å². The zero-order chi connectivity index (χ0) is 14.7. The van der Waals surface area contributed by atoms with Gasteiger partial charge in [-0.3, -0.25) is 14.5 Å². The number of hydrogen-bond acceptors (Lipinski definition) is 2. The number of amides is 2. The van der Waals surface area contributed by atoms with E-state index in [2.05, 4.69) is 33.9 Å². The van der Waals surface area contributed by atoms with Gasteiger partial charge in [0, 0.05) is 18.7 Å². The van der Waals surface area contributed by atoms with E-state index in [4.69, 9.17) is 0 Å². The molecule has 0 saturated carbocycles. The average molecular weight is 281 g/mol. The second kappa shape index (κ2) is 6.03. The maximum Gasteiger partial charge on any atom is 0.253 e. The van der Waals surface area contributed by atoms with E-state index in [0.717, 1.165) is 12.8 Å². The van der Waals surface area contributed by atoms with Gasteiger partial charge in [0.15, 0.2) is 0 Å². The largest absolute Gasteiger partial charge is 0.275 e. The van der Waals surface area contributed by atoms with Crippen molar-refractivity contribution >= 4 is 19.9 Å². The molecule has 0 saturated heterocycles. The summed E-state index contributed by atoms with van der Waals surface area (Å²) >= 11 is 0. The maximum atomic E-state index is 11.4. The standard InChI is InChI=1S/C15H27NO2Si/c1-15(2,3)19(4,5)12-8-6-7-11-16-13(17)9-10-14(16)18/h9-10H,6-8,11-12H2,1-5H3. The molecule has 1 rings (SSSR count). The van der Waals surface area contributed by atoms with Crippen molar-refractivity contribution in [3.05, 3.63) is 12.2 Å². The lowest BCUT2D eigenvalue weighted by molar-refractivity contribution is -0.136. The fraction of sp³-hybridized carbons (Fsp3) is 0.733. The van der Waals surface area contributed by atoms with Gasteiger partial charge in [0.25, 0.3) is 11.8 Å². The summed E-state index contributed by atoms with van der Waals surface area (Å²) in [5, 5.41) is 0.442. The van der Waals surface area contributed by atoms with Crippen LogP contribution < -0.4 is 0 Å². The number of carbonyl (C=O) groups excluding carboxylic acids is 2. The fourth-order valence-corrected chi connectivity index (χ4v) is 3.92. The molecule has 0 N–H and O–H groups in total. The molecule has 0 unspecified atom stereocenters. The van der Waals surface area contributed by atoms with E-state index in [1.807, 2.05) is 0 Å². The van der Waals surface area contributed by atoms with Gasteiger partial charge in [-0.15, -0.1) is 0 Å². The van der Waals surface area contributed by atoms with E-state index in [9.17, 15) is 9.59 Å². The highest BCUT2D eigenvalue weighted by molar-refractivity contribution is 6.80. The third-order valence-electron chi connectivity index (χ3n) is 4.61. The van der Waals surface area contributed by atoms with Gasteiger partial charge >= 0.3 is 0 Å². The first-order chi connectivity index (χ1) is 8.65. The molecule has 0 spiro atoms. The maximum absolute atomic E-state index is 11.4. The van der Waals surface area contributed by atoms with Crippen LogP contribution in [0.25, 0.3) is 0 Å². The smallest absolute Gasteiger partial charge is 0.253 e. The lowest BCUT2D eigenvalue weighted by atomic mass is 10.2. The molecule has 0 atom stereocenters. The van der Waals surface area contributed by atoms with Gasteiger partial charge in [0.1, 0.15) is 0 Å². The molecule has 1 heterocycles. The van der Waals surface area contributed by atoms with Crippen LogP contribution in [0.2, 0.25) is 24.2 Å². The minimum absolute atomic E-state index is 0.158. The summed E-state index contributed by atoms with van der Waals surface area (Å²) in [5.74, 6) is -0.316. The Bertz CT molecular complexity index is 362. The second-order valence-electron chi connectivity index (χ2n) is 7.11. The van der Waals surface area contributed by atoms with Crippen LogP contribution in [0, 0.1) is 0 Å². The number of nitrogens with zero attached hydrogens (tertiary/aromatic N) is 1. The molecule has 0 radical (unpaired) electrons. The van der Waals surface area contributed by atoms with Crippen molar-refractivity contribution < 1.29 is 9.59 Å². The molecular weight excluding hydrogens is 254 g/mol. The summed E-state index contributed by atoms with van der Waals surface area (Å²) in [4.78, 5) is 24.1. The van der Waals surface area contributed by atoms with Gasteiger partial charge in [-0.25, -0.2) is 0 Å². The number of carbonyl (C=O) groups is 2. The van der Waals surface area contributed by atoms with E-state index in [-0.39, 0.29) is 11.8 Å². The summed E-state index contributed by atoms with van der Waals surface area (Å²) in [6, 6.07) is 1.32. The molecule has 0 aromatic heterocycles. The molecule has 0 bridgehead atoms. The van der Waals surface area contributed by atoms with Gasteiger partial charge in [-0.1, -0.05) is 52.8 Å². The average Bonchev–Trinajstić information content (AvgIpc) is 2.58. The lowest BCUT2D eigenvalue weighted by Gasteiger charge is -2.37. The summed E-state index contributed by atoms with van der Waals surface area (Å²) in [6.07, 6.45) is 5.95. The molecular formula is C15H27NO2Si. The number of unbranched alkanes of at least 4 members (excludes halogenated alkanes) is 2. The third kappa shape index (κ3) is 4.30. The molecule has 3 nitrogen and oxygen atoms in total. The SMILES string of the molecule is CC(C)(C)[Si](C)(C)CCCCCN1C(=O)C=CC1=O. The third-order valence-corrected chi connectivity index (χ3v) is 10.3. The molecule has 0 aromatic carbocycles. The van der Waals surface area contributed by atoms with E-state index >= 15 is 0 Å². The summed E-state index contributed by atoms with van der Waals surface area (Å²) in [6.45, 7) is 12.5. The van der Waals surface area contributed by atoms with E-state index in [1.54, 1.807) is 0 Å². The zero-order valence-electron chi connectivity index (χ0n) is 13.0. The fourth-order valence-electron chi connectivity index (χ4n) is 2.04. The van der Waals surface area contributed by atoms with Crippen LogP contribution in [0.3, 0.4) is 0 Å². The van der Waals surface area contributed by atoms with Gasteiger partial charge in [0.05, 0.1) is 8.07 Å². The van der Waals surface area contributed by atoms with Gasteiger partial charge < -0.3 is 0 Å². The first-order valence-corrected chi connectivity index (χ1v) is 10.4. The minimum Gasteiger partial charge on any atom is -0.275 e. The Balaban J connectivity index is 2.22. The molecule has 19 heavy (non-hydrogen) atoms. The number of hydrogen-bond donors (Lipinski definition) is 0. The summed E-state index contributed by atoms with van der Waals surface area (Å²) in [7, 11) is -1.17. The number of rotatable bonds is 6. The topological polar surface area (TPSA) is 37.4 Å². The summed E-state index contributed by atoms with van der Waals surface area (Å²) in [5.41, 5.74) is 0. The van der Waals surface area contributed by atoms with Crippen LogP contribution in [0.4, 0.5) is 0 Å². The van der Waals surface area contributed by atoms with E-state index < -0.39 is 8.07 Å². The van der Waals surface area contributed by atoms with Crippen molar-refractivity contribution in [3.8, 4) is 0 Å². The van der Waals surface area contributed by atoms with Gasteiger partial charge in [-0.2, -0.15) is 0 Å². The Kier molecular flexibility index (Phi) is 5.13. The van der Waals surface area contributed by atoms with E-state index in [0.29, 0.717) is 11.6 Å². The normalized spacial score (nSPS) is 16.6. The van der Waals surface area contributed by atoms with E-state index in [1.165, 1.54) is 29.5 Å². The van der Waals surface area contributed by atoms with Gasteiger partial charge in [-0.05, 0) is 11.5 Å². The lowest BCUT2D eigenvalue weighted by Crippen LogP contribution is -2.36. The molecule has 1 aliphatic heterocycles. The Morgan fingerprint density at radius 3 is 2.00 bits per heavy atom. The van der Waals surface area contributed by atoms with Gasteiger partial charge in [0.2, 0.25) is 0 Å². The molecule has 0 aromatic rings. The summed E-state index contributed by atoms with van der Waals surface area (Å²) < 4.78 is 0. The predicted octanol–water partition coefficient (Wildman–Crippen LogP) is 3.59. The Morgan fingerprint density at radius 2 is 1.53 bits per heavy atom. The van der Waals surface area contributed by atoms with Crippen molar-refractivity contribution in [2.75, 3.05) is 6.54 Å². The van der Waals surface area contributed by atoms with Crippen molar-refractivity contribution in [1.82, 2.24) is 4.90 Å². The molecule has 0 fully saturated rings. The highest BCUT2D eigenvalue weighted by atomic mass is 28.3. The molecule has 2 amide bonds. The van der Waals surface area contributed by atoms with Crippen LogP contribution in [0.5, 0.6) is 0 Å². The van der Waals surface area contributed by atoms with Crippen molar-refractivity contribution in [2.24, 2.45) is 0 Å². The second-order valence-corrected chi connectivity index (χ2v) is 12.9. The molecule has 1 aliphatic rings. The van der Waals surface area contributed by atoms with Crippen molar-refractivity contribution in [3.63, 3.8) is 0 Å². The van der Waals surface area contributed by atoms with Crippen LogP contribution in [-0.4, -0.2) is 31.3 Å². The first-order valence-electron chi connectivity index (χ1n) is 7.19. The minimum atomic E-state index is -1.17. The molecule has 4 heteroatoms. The first kappa shape index (κ1) is 16.2.